The summed E-state index contributed by atoms with van der Waals surface area (Å²) in [6.45, 7) is 5.66. The summed E-state index contributed by atoms with van der Waals surface area (Å²) in [6, 6.07) is 7.83. The lowest BCUT2D eigenvalue weighted by molar-refractivity contribution is 0.0113. The largest absolute Gasteiger partial charge is 0.390 e. The molecule has 3 aromatic rings. The Morgan fingerprint density at radius 2 is 2.00 bits per heavy atom. The Labute approximate surface area is 156 Å². The number of aromatic nitrogens is 4. The van der Waals surface area contributed by atoms with E-state index in [4.69, 9.17) is 4.74 Å². The molecule has 1 aliphatic heterocycles. The van der Waals surface area contributed by atoms with Crippen molar-refractivity contribution < 1.29 is 9.84 Å². The first-order chi connectivity index (χ1) is 13.1. The number of benzene rings is 1. The minimum absolute atomic E-state index is 0.194. The molecule has 0 radical (unpaired) electrons. The molecule has 0 aliphatic carbocycles. The summed E-state index contributed by atoms with van der Waals surface area (Å²) < 4.78 is 8.45. The predicted octanol–water partition coefficient (Wildman–Crippen LogP) is 0.584. The van der Waals surface area contributed by atoms with Gasteiger partial charge in [-0.25, -0.2) is 9.67 Å². The van der Waals surface area contributed by atoms with Gasteiger partial charge in [-0.2, -0.15) is 5.10 Å². The molecule has 8 heteroatoms. The maximum absolute atomic E-state index is 12.8. The van der Waals surface area contributed by atoms with E-state index in [1.54, 1.807) is 10.9 Å². The predicted molar refractivity (Wildman–Crippen MR) is 101 cm³/mol. The van der Waals surface area contributed by atoms with Crippen LogP contribution >= 0.6 is 0 Å². The normalized spacial score (nSPS) is 16.7. The van der Waals surface area contributed by atoms with Crippen molar-refractivity contribution in [3.63, 3.8) is 0 Å². The smallest absolute Gasteiger partial charge is 0.264 e. The van der Waals surface area contributed by atoms with Gasteiger partial charge in [-0.1, -0.05) is 18.2 Å². The Kier molecular flexibility index (Phi) is 5.02. The number of fused-ring (bicyclic) bond motifs is 1. The van der Waals surface area contributed by atoms with E-state index < -0.39 is 6.10 Å². The molecule has 1 unspecified atom stereocenters. The molecule has 1 N–H and O–H groups in total. The van der Waals surface area contributed by atoms with Gasteiger partial charge in [0.05, 0.1) is 37.7 Å². The molecule has 0 amide bonds. The summed E-state index contributed by atoms with van der Waals surface area (Å²) in [4.78, 5) is 19.4. The monoisotopic (exact) mass is 369 g/mol. The van der Waals surface area contributed by atoms with Crippen LogP contribution in [0.4, 0.5) is 0 Å². The average Bonchev–Trinajstić information content (AvgIpc) is 3.10. The Balaban J connectivity index is 1.58. The number of rotatable bonds is 5. The van der Waals surface area contributed by atoms with Crippen LogP contribution < -0.4 is 5.56 Å². The van der Waals surface area contributed by atoms with Gasteiger partial charge < -0.3 is 9.84 Å². The van der Waals surface area contributed by atoms with Gasteiger partial charge in [0.15, 0.2) is 5.65 Å². The van der Waals surface area contributed by atoms with E-state index in [1.165, 1.54) is 10.9 Å². The number of para-hydroxylation sites is 1. The fraction of sp³-hybridized carbons (Fsp3) is 0.421. The van der Waals surface area contributed by atoms with Crippen molar-refractivity contribution in [2.45, 2.75) is 19.6 Å². The van der Waals surface area contributed by atoms with E-state index in [9.17, 15) is 9.90 Å². The molecular weight excluding hydrogens is 346 g/mol. The highest BCUT2D eigenvalue weighted by Gasteiger charge is 2.17. The molecule has 4 rings (SSSR count). The van der Waals surface area contributed by atoms with Crippen LogP contribution in [-0.4, -0.2) is 68.3 Å². The van der Waals surface area contributed by atoms with Crippen LogP contribution in [0.2, 0.25) is 0 Å². The van der Waals surface area contributed by atoms with Crippen LogP contribution in [0.5, 0.6) is 0 Å². The zero-order valence-electron chi connectivity index (χ0n) is 15.3. The quantitative estimate of drug-likeness (QED) is 0.708. The van der Waals surface area contributed by atoms with E-state index >= 15 is 0 Å². The van der Waals surface area contributed by atoms with E-state index in [1.807, 2.05) is 31.2 Å². The Hall–Kier alpha value is -2.55. The number of ether oxygens (including phenoxy) is 1. The fourth-order valence-electron chi connectivity index (χ4n) is 3.42. The molecule has 1 fully saturated rings. The average molecular weight is 369 g/mol. The van der Waals surface area contributed by atoms with Crippen molar-refractivity contribution in [3.05, 3.63) is 52.7 Å². The highest BCUT2D eigenvalue weighted by Crippen LogP contribution is 2.17. The second-order valence-corrected chi connectivity index (χ2v) is 6.85. The second-order valence-electron chi connectivity index (χ2n) is 6.85. The van der Waals surface area contributed by atoms with Crippen molar-refractivity contribution in [3.8, 4) is 5.69 Å². The second kappa shape index (κ2) is 7.59. The highest BCUT2D eigenvalue weighted by atomic mass is 16.5. The first-order valence-electron chi connectivity index (χ1n) is 9.11. The number of β-amino-alcohol motifs (C(OH)–C–C–N with tert-alkyl or cyclic N) is 1. The molecule has 1 aliphatic rings. The number of morpholine rings is 1. The third-order valence-corrected chi connectivity index (χ3v) is 4.88. The third kappa shape index (κ3) is 3.64. The van der Waals surface area contributed by atoms with Crippen LogP contribution in [-0.2, 0) is 11.3 Å². The highest BCUT2D eigenvalue weighted by molar-refractivity contribution is 5.75. The SMILES string of the molecule is Cc1ccccc1-n1ncc2c(=O)n(CC(O)CN3CCOCC3)cnc21. The van der Waals surface area contributed by atoms with E-state index in [-0.39, 0.29) is 12.1 Å². The zero-order valence-corrected chi connectivity index (χ0v) is 15.3. The molecule has 0 spiro atoms. The lowest BCUT2D eigenvalue weighted by Gasteiger charge is -2.28. The van der Waals surface area contributed by atoms with Crippen molar-refractivity contribution >= 4 is 11.0 Å². The molecule has 1 aromatic carbocycles. The molecule has 1 saturated heterocycles. The van der Waals surface area contributed by atoms with Crippen molar-refractivity contribution in [2.75, 3.05) is 32.8 Å². The fourth-order valence-corrected chi connectivity index (χ4v) is 3.42. The topological polar surface area (TPSA) is 85.4 Å². The third-order valence-electron chi connectivity index (χ3n) is 4.88. The van der Waals surface area contributed by atoms with Gasteiger partial charge in [0, 0.05) is 19.6 Å². The van der Waals surface area contributed by atoms with Crippen LogP contribution in [0.1, 0.15) is 5.56 Å². The summed E-state index contributed by atoms with van der Waals surface area (Å²) >= 11 is 0. The van der Waals surface area contributed by atoms with Crippen molar-refractivity contribution in [2.24, 2.45) is 0 Å². The summed E-state index contributed by atoms with van der Waals surface area (Å²) in [6.07, 6.45) is 2.39. The standard InChI is InChI=1S/C19H23N5O3/c1-14-4-2-3-5-17(14)24-18-16(10-21-24)19(26)23(13-20-18)12-15(25)11-22-6-8-27-9-7-22/h2-5,10,13,15,25H,6-9,11-12H2,1H3. The first kappa shape index (κ1) is 17.8. The number of hydrogen-bond acceptors (Lipinski definition) is 6. The van der Waals surface area contributed by atoms with Crippen LogP contribution in [0.25, 0.3) is 16.7 Å². The molecule has 142 valence electrons. The van der Waals surface area contributed by atoms with Gasteiger partial charge >= 0.3 is 0 Å². The number of aryl methyl sites for hydroxylation is 1. The first-order valence-corrected chi connectivity index (χ1v) is 9.11. The van der Waals surface area contributed by atoms with Crippen molar-refractivity contribution in [1.29, 1.82) is 0 Å². The van der Waals surface area contributed by atoms with Gasteiger partial charge in [0.1, 0.15) is 11.7 Å². The summed E-state index contributed by atoms with van der Waals surface area (Å²) in [7, 11) is 0. The summed E-state index contributed by atoms with van der Waals surface area (Å²) in [5.74, 6) is 0. The van der Waals surface area contributed by atoms with E-state index in [2.05, 4.69) is 15.0 Å². The molecular formula is C19H23N5O3. The molecule has 3 heterocycles. The number of aliphatic hydroxyl groups excluding tert-OH is 1. The van der Waals surface area contributed by atoms with Gasteiger partial charge in [0.2, 0.25) is 0 Å². The molecule has 8 nitrogen and oxygen atoms in total. The van der Waals surface area contributed by atoms with Crippen LogP contribution in [0.15, 0.2) is 41.6 Å². The van der Waals surface area contributed by atoms with Gasteiger partial charge in [-0.3, -0.25) is 14.3 Å². The zero-order chi connectivity index (χ0) is 18.8. The molecule has 1 atom stereocenters. The van der Waals surface area contributed by atoms with E-state index in [0.717, 1.165) is 24.3 Å². The lowest BCUT2D eigenvalue weighted by Crippen LogP contribution is -2.42. The Morgan fingerprint density at radius 3 is 2.78 bits per heavy atom. The van der Waals surface area contributed by atoms with Gasteiger partial charge in [0.25, 0.3) is 5.56 Å². The molecule has 0 saturated carbocycles. The minimum Gasteiger partial charge on any atom is -0.390 e. The number of aliphatic hydroxyl groups is 1. The maximum atomic E-state index is 12.8. The lowest BCUT2D eigenvalue weighted by atomic mass is 10.2. The summed E-state index contributed by atoms with van der Waals surface area (Å²) in [5.41, 5.74) is 2.27. The van der Waals surface area contributed by atoms with Gasteiger partial charge in [-0.15, -0.1) is 0 Å². The number of nitrogens with zero attached hydrogens (tertiary/aromatic N) is 5. The van der Waals surface area contributed by atoms with Crippen LogP contribution in [0.3, 0.4) is 0 Å². The summed E-state index contributed by atoms with van der Waals surface area (Å²) in [5, 5.41) is 15.2. The van der Waals surface area contributed by atoms with Crippen molar-refractivity contribution in [1.82, 2.24) is 24.2 Å². The Bertz CT molecular complexity index is 990. The maximum Gasteiger partial charge on any atom is 0.264 e. The Morgan fingerprint density at radius 1 is 1.22 bits per heavy atom. The molecule has 27 heavy (non-hydrogen) atoms. The minimum atomic E-state index is -0.647. The van der Waals surface area contributed by atoms with Gasteiger partial charge in [-0.05, 0) is 18.6 Å². The van der Waals surface area contributed by atoms with Crippen LogP contribution in [0, 0.1) is 6.92 Å². The molecule has 0 bridgehead atoms. The number of hydrogen-bond donors (Lipinski definition) is 1. The molecule has 2 aromatic heterocycles. The van der Waals surface area contributed by atoms with E-state index in [0.29, 0.717) is 30.8 Å².